The highest BCUT2D eigenvalue weighted by Gasteiger charge is 2.19. The van der Waals surface area contributed by atoms with Gasteiger partial charge in [-0.3, -0.25) is 4.99 Å². The van der Waals surface area contributed by atoms with E-state index < -0.39 is 0 Å². The molecular weight excluding hydrogens is 288 g/mol. The number of aromatic nitrogens is 1. The lowest BCUT2D eigenvalue weighted by atomic mass is 9.90. The maximum atomic E-state index is 5.77. The summed E-state index contributed by atoms with van der Waals surface area (Å²) in [5, 5.41) is 6.57. The summed E-state index contributed by atoms with van der Waals surface area (Å²) >= 11 is 0. The number of aliphatic imine (C=N–C) groups is 1. The van der Waals surface area contributed by atoms with Gasteiger partial charge in [0.25, 0.3) is 0 Å². The average molecular weight is 322 g/mol. The summed E-state index contributed by atoms with van der Waals surface area (Å²) in [7, 11) is 1.78. The minimum absolute atomic E-state index is 0.0156. The molecule has 0 aliphatic heterocycles. The second kappa shape index (κ2) is 8.37. The van der Waals surface area contributed by atoms with Crippen molar-refractivity contribution in [1.82, 2.24) is 15.6 Å². The Kier molecular flexibility index (Phi) is 7.10. The third-order valence-corrected chi connectivity index (χ3v) is 3.57. The van der Waals surface area contributed by atoms with Crippen LogP contribution in [0.3, 0.4) is 0 Å². The maximum Gasteiger partial charge on any atom is 0.213 e. The topological polar surface area (TPSA) is 62.5 Å². The number of guanidine groups is 1. The van der Waals surface area contributed by atoms with Gasteiger partial charge in [0.05, 0.1) is 12.7 Å². The van der Waals surface area contributed by atoms with Crippen LogP contribution in [0, 0.1) is 5.41 Å². The van der Waals surface area contributed by atoms with E-state index in [1.165, 1.54) is 12.8 Å². The summed E-state index contributed by atoms with van der Waals surface area (Å²) < 4.78 is 5.77. The van der Waals surface area contributed by atoms with Crippen LogP contribution < -0.4 is 10.6 Å². The fourth-order valence-corrected chi connectivity index (χ4v) is 2.11. The second-order valence-electron chi connectivity index (χ2n) is 8.24. The SMILES string of the molecule is CN=C(NCCCCC(C)(C)C)NCc1ncc(C(C)(C)C)o1. The van der Waals surface area contributed by atoms with Gasteiger partial charge in [-0.15, -0.1) is 0 Å². The third kappa shape index (κ3) is 8.05. The molecule has 0 bridgehead atoms. The molecule has 1 rings (SSSR count). The Balaban J connectivity index is 2.30. The Labute approximate surface area is 141 Å². The van der Waals surface area contributed by atoms with Crippen molar-refractivity contribution < 1.29 is 4.42 Å². The molecule has 0 fully saturated rings. The smallest absolute Gasteiger partial charge is 0.213 e. The lowest BCUT2D eigenvalue weighted by Gasteiger charge is -2.18. The van der Waals surface area contributed by atoms with Gasteiger partial charge in [0, 0.05) is 19.0 Å². The van der Waals surface area contributed by atoms with Crippen molar-refractivity contribution in [2.75, 3.05) is 13.6 Å². The van der Waals surface area contributed by atoms with Crippen LogP contribution in [-0.2, 0) is 12.0 Å². The number of nitrogens with one attached hydrogen (secondary N) is 2. The fraction of sp³-hybridized carbons (Fsp3) is 0.778. The maximum absolute atomic E-state index is 5.77. The second-order valence-corrected chi connectivity index (χ2v) is 8.24. The molecular formula is C18H34N4O. The van der Waals surface area contributed by atoms with Gasteiger partial charge < -0.3 is 15.1 Å². The summed E-state index contributed by atoms with van der Waals surface area (Å²) in [6, 6.07) is 0. The van der Waals surface area contributed by atoms with Gasteiger partial charge in [0.1, 0.15) is 5.76 Å². The van der Waals surface area contributed by atoms with Crippen LogP contribution in [0.15, 0.2) is 15.6 Å². The molecule has 0 saturated heterocycles. The quantitative estimate of drug-likeness (QED) is 0.474. The molecule has 1 aromatic rings. The zero-order valence-corrected chi connectivity index (χ0v) is 15.9. The molecule has 23 heavy (non-hydrogen) atoms. The summed E-state index contributed by atoms with van der Waals surface area (Å²) in [6.07, 6.45) is 5.42. The first-order valence-electron chi connectivity index (χ1n) is 8.51. The lowest BCUT2D eigenvalue weighted by Crippen LogP contribution is -2.37. The molecule has 5 heteroatoms. The van der Waals surface area contributed by atoms with E-state index in [0.29, 0.717) is 17.9 Å². The fourth-order valence-electron chi connectivity index (χ4n) is 2.11. The Morgan fingerprint density at radius 3 is 2.35 bits per heavy atom. The molecule has 0 atom stereocenters. The van der Waals surface area contributed by atoms with Crippen molar-refractivity contribution >= 4 is 5.96 Å². The van der Waals surface area contributed by atoms with Crippen LogP contribution in [0.1, 0.15) is 72.5 Å². The highest BCUT2D eigenvalue weighted by Crippen LogP contribution is 2.22. The first kappa shape index (κ1) is 19.5. The van der Waals surface area contributed by atoms with E-state index in [1.807, 2.05) is 0 Å². The van der Waals surface area contributed by atoms with Gasteiger partial charge in [0.2, 0.25) is 5.89 Å². The van der Waals surface area contributed by atoms with Crippen molar-refractivity contribution in [2.45, 2.75) is 72.8 Å². The lowest BCUT2D eigenvalue weighted by molar-refractivity contribution is 0.360. The van der Waals surface area contributed by atoms with Crippen molar-refractivity contribution in [3.63, 3.8) is 0 Å². The van der Waals surface area contributed by atoms with E-state index in [0.717, 1.165) is 24.7 Å². The summed E-state index contributed by atoms with van der Waals surface area (Å²) in [4.78, 5) is 8.54. The summed E-state index contributed by atoms with van der Waals surface area (Å²) in [5.74, 6) is 2.38. The predicted octanol–water partition coefficient (Wildman–Crippen LogP) is 3.85. The zero-order valence-electron chi connectivity index (χ0n) is 15.9. The number of hydrogen-bond donors (Lipinski definition) is 2. The van der Waals surface area contributed by atoms with Crippen molar-refractivity contribution in [2.24, 2.45) is 10.4 Å². The minimum Gasteiger partial charge on any atom is -0.443 e. The summed E-state index contributed by atoms with van der Waals surface area (Å²) in [6.45, 7) is 14.6. The van der Waals surface area contributed by atoms with Crippen molar-refractivity contribution in [3.8, 4) is 0 Å². The monoisotopic (exact) mass is 322 g/mol. The average Bonchev–Trinajstić information content (AvgIpc) is 2.89. The van der Waals surface area contributed by atoms with Gasteiger partial charge in [-0.1, -0.05) is 48.0 Å². The minimum atomic E-state index is -0.0156. The number of rotatable bonds is 6. The molecule has 0 radical (unpaired) electrons. The predicted molar refractivity (Wildman–Crippen MR) is 96.7 cm³/mol. The standard InChI is InChI=1S/C18H34N4O/c1-17(2,3)10-8-9-11-20-16(19-7)22-13-15-21-12-14(23-15)18(4,5)6/h12H,8-11,13H2,1-7H3,(H2,19,20,22). The third-order valence-electron chi connectivity index (χ3n) is 3.57. The number of hydrogen-bond acceptors (Lipinski definition) is 3. The molecule has 0 unspecified atom stereocenters. The van der Waals surface area contributed by atoms with Crippen LogP contribution in [0.5, 0.6) is 0 Å². The van der Waals surface area contributed by atoms with E-state index in [9.17, 15) is 0 Å². The van der Waals surface area contributed by atoms with E-state index in [2.05, 4.69) is 62.2 Å². The van der Waals surface area contributed by atoms with E-state index in [4.69, 9.17) is 4.42 Å². The molecule has 0 spiro atoms. The molecule has 0 aliphatic carbocycles. The molecule has 5 nitrogen and oxygen atoms in total. The normalized spacial score (nSPS) is 13.3. The molecule has 1 heterocycles. The van der Waals surface area contributed by atoms with Crippen LogP contribution in [0.25, 0.3) is 0 Å². The van der Waals surface area contributed by atoms with E-state index >= 15 is 0 Å². The molecule has 0 aliphatic rings. The van der Waals surface area contributed by atoms with Crippen molar-refractivity contribution in [1.29, 1.82) is 0 Å². The largest absolute Gasteiger partial charge is 0.443 e. The molecule has 1 aromatic heterocycles. The van der Waals surface area contributed by atoms with Crippen LogP contribution in [0.2, 0.25) is 0 Å². The number of oxazole rings is 1. The number of nitrogens with zero attached hydrogens (tertiary/aromatic N) is 2. The zero-order chi connectivity index (χ0) is 17.5. The Morgan fingerprint density at radius 2 is 1.83 bits per heavy atom. The highest BCUT2D eigenvalue weighted by atomic mass is 16.4. The number of unbranched alkanes of at least 4 members (excludes halogenated alkanes) is 1. The van der Waals surface area contributed by atoms with Gasteiger partial charge in [-0.2, -0.15) is 0 Å². The Bertz CT molecular complexity index is 492. The van der Waals surface area contributed by atoms with Crippen molar-refractivity contribution in [3.05, 3.63) is 17.8 Å². The van der Waals surface area contributed by atoms with Crippen LogP contribution in [0.4, 0.5) is 0 Å². The molecule has 0 aromatic carbocycles. The van der Waals surface area contributed by atoms with Gasteiger partial charge in [-0.25, -0.2) is 4.98 Å². The van der Waals surface area contributed by atoms with Gasteiger partial charge >= 0.3 is 0 Å². The molecule has 2 N–H and O–H groups in total. The Morgan fingerprint density at radius 1 is 1.13 bits per heavy atom. The van der Waals surface area contributed by atoms with Crippen LogP contribution in [-0.4, -0.2) is 24.5 Å². The highest BCUT2D eigenvalue weighted by molar-refractivity contribution is 5.79. The first-order valence-corrected chi connectivity index (χ1v) is 8.51. The summed E-state index contributed by atoms with van der Waals surface area (Å²) in [5.41, 5.74) is 0.397. The molecule has 0 amide bonds. The Hall–Kier alpha value is -1.52. The molecule has 132 valence electrons. The first-order chi connectivity index (χ1) is 10.6. The van der Waals surface area contributed by atoms with E-state index in [1.54, 1.807) is 13.2 Å². The van der Waals surface area contributed by atoms with Crippen LogP contribution >= 0.6 is 0 Å². The van der Waals surface area contributed by atoms with Gasteiger partial charge in [0.15, 0.2) is 5.96 Å². The van der Waals surface area contributed by atoms with Gasteiger partial charge in [-0.05, 0) is 18.3 Å². The van der Waals surface area contributed by atoms with E-state index in [-0.39, 0.29) is 5.41 Å². The molecule has 0 saturated carbocycles.